The first-order valence-electron chi connectivity index (χ1n) is 13.4. The number of alkyl halides is 3. The molecular weight excluding hydrogens is 588 g/mol. The molecule has 1 aromatic carbocycles. The van der Waals surface area contributed by atoms with Crippen molar-refractivity contribution in [3.05, 3.63) is 65.2 Å². The van der Waals surface area contributed by atoms with Gasteiger partial charge in [0.1, 0.15) is 18.1 Å². The van der Waals surface area contributed by atoms with Gasteiger partial charge in [0, 0.05) is 31.3 Å². The van der Waals surface area contributed by atoms with Gasteiger partial charge in [-0.15, -0.1) is 13.2 Å². The Morgan fingerprint density at radius 1 is 1.27 bits per heavy atom. The van der Waals surface area contributed by atoms with Crippen LogP contribution < -0.4 is 37.9 Å². The van der Waals surface area contributed by atoms with Crippen molar-refractivity contribution in [2.75, 3.05) is 6.67 Å². The number of nitrogens with zero attached hydrogens (tertiary/aromatic N) is 4. The van der Waals surface area contributed by atoms with E-state index in [2.05, 4.69) is 41.3 Å². The van der Waals surface area contributed by atoms with Crippen LogP contribution in [0, 0.1) is 5.82 Å². The Kier molecular flexibility index (Phi) is 12.1. The molecule has 0 aromatic heterocycles. The summed E-state index contributed by atoms with van der Waals surface area (Å²) in [6.45, 7) is 3.54. The van der Waals surface area contributed by atoms with Crippen molar-refractivity contribution in [3.63, 3.8) is 0 Å². The maximum Gasteiger partial charge on any atom is 0.573 e. The van der Waals surface area contributed by atoms with E-state index in [-0.39, 0.29) is 42.2 Å². The van der Waals surface area contributed by atoms with Gasteiger partial charge in [-0.3, -0.25) is 20.9 Å². The Balaban J connectivity index is 1.76. The summed E-state index contributed by atoms with van der Waals surface area (Å²) in [5.41, 5.74) is 6.39. The van der Waals surface area contributed by atoms with Crippen LogP contribution in [-0.2, 0) is 16.1 Å². The molecule has 13 nitrogen and oxygen atoms in total. The van der Waals surface area contributed by atoms with Crippen LogP contribution >= 0.6 is 0 Å². The van der Waals surface area contributed by atoms with E-state index in [1.165, 1.54) is 17.2 Å². The highest BCUT2D eigenvalue weighted by Crippen LogP contribution is 2.26. The van der Waals surface area contributed by atoms with E-state index in [1.807, 2.05) is 32.1 Å². The standard InChI is InChI=1S/C27H34F4N10O3/c1-16(11-17(2)40-33)20(7-5-3-4-6-10-36-32)38-25(43)22-13-21(39-26-35-15-37-41(22)26)24(42)34-14-18-8-9-19(28)23(12-18)44-27(29,30)31/h3-4,8-13,17,20,37,40H,5-7,14-15,32-33H2,1-2H3,(H,34,42)(H,38,43)/b4-3+,16-11+,36-10+. The Labute approximate surface area is 250 Å². The van der Waals surface area contributed by atoms with E-state index in [0.717, 1.165) is 17.7 Å². The number of guanidine groups is 1. The summed E-state index contributed by atoms with van der Waals surface area (Å²) < 4.78 is 55.2. The van der Waals surface area contributed by atoms with E-state index in [0.29, 0.717) is 19.3 Å². The molecule has 44 heavy (non-hydrogen) atoms. The van der Waals surface area contributed by atoms with E-state index in [1.54, 1.807) is 6.21 Å². The SMILES string of the molecule is C/C(=C\C(C)NN)C(CC/C=C/C/C=N/N)NC(=O)C1=CC(C(=O)NCc2ccc(F)c(OC(F)(F)F)c2)=NC2=NCNN12. The van der Waals surface area contributed by atoms with Gasteiger partial charge in [-0.25, -0.2) is 24.8 Å². The molecule has 2 aliphatic rings. The number of hydrazone groups is 1. The number of fused-ring (bicyclic) bond motifs is 1. The van der Waals surface area contributed by atoms with Crippen LogP contribution in [0.3, 0.4) is 0 Å². The van der Waals surface area contributed by atoms with Crippen molar-refractivity contribution in [3.8, 4) is 5.75 Å². The minimum absolute atomic E-state index is 0.0431. The van der Waals surface area contributed by atoms with Crippen LogP contribution in [0.25, 0.3) is 0 Å². The Bertz CT molecular complexity index is 1390. The number of benzene rings is 1. The highest BCUT2D eigenvalue weighted by Gasteiger charge is 2.33. The lowest BCUT2D eigenvalue weighted by atomic mass is 10.0. The zero-order valence-corrected chi connectivity index (χ0v) is 24.0. The maximum atomic E-state index is 13.8. The Morgan fingerprint density at radius 3 is 2.75 bits per heavy atom. The quantitative estimate of drug-likeness (QED) is 0.0596. The molecule has 0 radical (unpaired) electrons. The third-order valence-corrected chi connectivity index (χ3v) is 6.29. The molecule has 8 N–H and O–H groups in total. The lowest BCUT2D eigenvalue weighted by molar-refractivity contribution is -0.275. The average molecular weight is 623 g/mol. The minimum atomic E-state index is -5.09. The van der Waals surface area contributed by atoms with Gasteiger partial charge in [-0.05, 0) is 44.4 Å². The van der Waals surface area contributed by atoms with Crippen molar-refractivity contribution in [2.45, 2.75) is 58.1 Å². The first-order valence-corrected chi connectivity index (χ1v) is 13.4. The van der Waals surface area contributed by atoms with E-state index >= 15 is 0 Å². The van der Waals surface area contributed by atoms with E-state index in [9.17, 15) is 27.2 Å². The number of nitrogens with two attached hydrogens (primary N) is 2. The number of ether oxygens (including phenoxy) is 1. The van der Waals surface area contributed by atoms with Crippen molar-refractivity contribution in [1.29, 1.82) is 0 Å². The van der Waals surface area contributed by atoms with Crippen LogP contribution in [-0.4, -0.2) is 59.8 Å². The second-order valence-corrected chi connectivity index (χ2v) is 9.64. The number of hydrogen-bond donors (Lipinski definition) is 6. The molecule has 3 rings (SSSR count). The molecule has 2 atom stereocenters. The summed E-state index contributed by atoms with van der Waals surface area (Å²) in [4.78, 5) is 34.9. The molecule has 0 fully saturated rings. The normalized spacial score (nSPS) is 16.8. The molecule has 0 saturated carbocycles. The maximum absolute atomic E-state index is 13.8. The largest absolute Gasteiger partial charge is 0.573 e. The zero-order valence-electron chi connectivity index (χ0n) is 24.0. The first-order chi connectivity index (χ1) is 20.9. The van der Waals surface area contributed by atoms with Crippen molar-refractivity contribution in [2.24, 2.45) is 26.8 Å². The third-order valence-electron chi connectivity index (χ3n) is 6.29. The van der Waals surface area contributed by atoms with Crippen LogP contribution in [0.5, 0.6) is 5.75 Å². The predicted molar refractivity (Wildman–Crippen MR) is 156 cm³/mol. The van der Waals surface area contributed by atoms with Gasteiger partial charge >= 0.3 is 6.36 Å². The number of allylic oxidation sites excluding steroid dienone is 2. The topological polar surface area (TPSA) is 184 Å². The lowest BCUT2D eigenvalue weighted by Crippen LogP contribution is -2.48. The fourth-order valence-corrected chi connectivity index (χ4v) is 4.15. The molecule has 2 heterocycles. The number of nitrogens with one attached hydrogen (secondary N) is 4. The second kappa shape index (κ2) is 15.7. The van der Waals surface area contributed by atoms with E-state index < -0.39 is 35.8 Å². The van der Waals surface area contributed by atoms with Gasteiger partial charge < -0.3 is 21.2 Å². The third kappa shape index (κ3) is 9.99. The number of hydrazine groups is 2. The smallest absolute Gasteiger partial charge is 0.403 e. The van der Waals surface area contributed by atoms with Crippen LogP contribution in [0.1, 0.15) is 38.7 Å². The number of carbonyl (C=O) groups is 2. The van der Waals surface area contributed by atoms with Crippen molar-refractivity contribution in [1.82, 2.24) is 26.5 Å². The fourth-order valence-electron chi connectivity index (χ4n) is 4.15. The predicted octanol–water partition coefficient (Wildman–Crippen LogP) is 1.77. The first kappa shape index (κ1) is 33.9. The molecule has 0 saturated heterocycles. The van der Waals surface area contributed by atoms with Crippen molar-refractivity contribution < 1.29 is 31.9 Å². The average Bonchev–Trinajstić information content (AvgIpc) is 3.46. The molecule has 0 bridgehead atoms. The second-order valence-electron chi connectivity index (χ2n) is 9.64. The van der Waals surface area contributed by atoms with Crippen LogP contribution in [0.15, 0.2) is 68.9 Å². The fraction of sp³-hybridized carbons (Fsp3) is 0.370. The number of amides is 2. The summed E-state index contributed by atoms with van der Waals surface area (Å²) in [6.07, 6.45) is 5.19. The van der Waals surface area contributed by atoms with Crippen LogP contribution in [0.4, 0.5) is 17.6 Å². The van der Waals surface area contributed by atoms with E-state index in [4.69, 9.17) is 11.7 Å². The number of carbonyl (C=O) groups excluding carboxylic acids is 2. The summed E-state index contributed by atoms with van der Waals surface area (Å²) in [5, 5.41) is 10.3. The highest BCUT2D eigenvalue weighted by atomic mass is 19.4. The summed E-state index contributed by atoms with van der Waals surface area (Å²) in [5.74, 6) is 7.21. The minimum Gasteiger partial charge on any atom is -0.403 e. The van der Waals surface area contributed by atoms with Gasteiger partial charge in [0.15, 0.2) is 11.6 Å². The molecule has 0 aliphatic carbocycles. The van der Waals surface area contributed by atoms with Gasteiger partial charge in [0.05, 0.1) is 6.04 Å². The number of rotatable bonds is 14. The Morgan fingerprint density at radius 2 is 2.05 bits per heavy atom. The van der Waals surface area contributed by atoms with Gasteiger partial charge in [0.2, 0.25) is 5.96 Å². The molecule has 2 amide bonds. The van der Waals surface area contributed by atoms with Crippen LogP contribution in [0.2, 0.25) is 0 Å². The molecular formula is C27H34F4N10O3. The van der Waals surface area contributed by atoms with Gasteiger partial charge in [-0.2, -0.15) is 5.10 Å². The lowest BCUT2D eigenvalue weighted by Gasteiger charge is -2.27. The summed E-state index contributed by atoms with van der Waals surface area (Å²) in [7, 11) is 0. The summed E-state index contributed by atoms with van der Waals surface area (Å²) in [6, 6.07) is 2.24. The number of hydrogen-bond acceptors (Lipinski definition) is 11. The Hall–Kier alpha value is -4.61. The number of aliphatic imine (C=N–C) groups is 2. The molecule has 2 unspecified atom stereocenters. The summed E-state index contributed by atoms with van der Waals surface area (Å²) >= 11 is 0. The molecule has 0 spiro atoms. The van der Waals surface area contributed by atoms with Gasteiger partial charge in [-0.1, -0.05) is 29.9 Å². The van der Waals surface area contributed by atoms with Gasteiger partial charge in [0.25, 0.3) is 11.8 Å². The molecule has 1 aromatic rings. The highest BCUT2D eigenvalue weighted by molar-refractivity contribution is 6.46. The molecule has 17 heteroatoms. The van der Waals surface area contributed by atoms with Crippen molar-refractivity contribution >= 4 is 29.7 Å². The molecule has 238 valence electrons. The number of halogens is 4. The zero-order chi connectivity index (χ0) is 32.3. The molecule has 2 aliphatic heterocycles. The monoisotopic (exact) mass is 622 g/mol.